The summed E-state index contributed by atoms with van der Waals surface area (Å²) >= 11 is 0. The van der Waals surface area contributed by atoms with E-state index < -0.39 is 10.0 Å². The van der Waals surface area contributed by atoms with E-state index in [-0.39, 0.29) is 24.2 Å². The number of benzene rings is 1. The van der Waals surface area contributed by atoms with Crippen molar-refractivity contribution in [1.82, 2.24) is 14.9 Å². The van der Waals surface area contributed by atoms with Gasteiger partial charge in [-0.2, -0.15) is 0 Å². The van der Waals surface area contributed by atoms with E-state index in [0.717, 1.165) is 25.1 Å². The molecular formula is C15H23N3O3S. The van der Waals surface area contributed by atoms with Crippen LogP contribution in [-0.2, 0) is 16.6 Å². The van der Waals surface area contributed by atoms with E-state index in [4.69, 9.17) is 0 Å². The van der Waals surface area contributed by atoms with Crippen molar-refractivity contribution in [2.24, 2.45) is 0 Å². The summed E-state index contributed by atoms with van der Waals surface area (Å²) in [7, 11) is -1.38. The summed E-state index contributed by atoms with van der Waals surface area (Å²) in [6, 6.07) is 7.30. The highest BCUT2D eigenvalue weighted by Gasteiger charge is 2.23. The number of likely N-dealkylation sites (N-methyl/N-ethyl adjacent to an activating group) is 1. The van der Waals surface area contributed by atoms with E-state index in [0.29, 0.717) is 5.56 Å². The van der Waals surface area contributed by atoms with Crippen molar-refractivity contribution in [2.45, 2.75) is 25.9 Å². The molecule has 0 spiro atoms. The van der Waals surface area contributed by atoms with Gasteiger partial charge in [0.15, 0.2) is 0 Å². The number of carbonyl (C=O) groups excluding carboxylic acids is 1. The van der Waals surface area contributed by atoms with Gasteiger partial charge in [-0.25, -0.2) is 13.1 Å². The van der Waals surface area contributed by atoms with Crippen LogP contribution in [0.2, 0.25) is 0 Å². The van der Waals surface area contributed by atoms with E-state index in [9.17, 15) is 13.2 Å². The van der Waals surface area contributed by atoms with Crippen molar-refractivity contribution in [3.63, 3.8) is 0 Å². The van der Waals surface area contributed by atoms with Crippen LogP contribution in [0.3, 0.4) is 0 Å². The van der Waals surface area contributed by atoms with Crippen molar-refractivity contribution in [1.29, 1.82) is 0 Å². The number of amides is 1. The summed E-state index contributed by atoms with van der Waals surface area (Å²) in [4.78, 5) is 14.2. The predicted octanol–water partition coefficient (Wildman–Crippen LogP) is 0.560. The van der Waals surface area contributed by atoms with Crippen LogP contribution in [0.4, 0.5) is 0 Å². The fourth-order valence-corrected chi connectivity index (χ4v) is 2.99. The van der Waals surface area contributed by atoms with Crippen molar-refractivity contribution < 1.29 is 13.2 Å². The molecule has 7 heteroatoms. The molecular weight excluding hydrogens is 302 g/mol. The Kier molecular flexibility index (Phi) is 5.55. The molecule has 122 valence electrons. The maximum atomic E-state index is 12.4. The van der Waals surface area contributed by atoms with Gasteiger partial charge in [0.25, 0.3) is 5.91 Å². The molecule has 6 nitrogen and oxygen atoms in total. The standard InChI is InChI=1S/C15H23N3O3S/c1-3-22(20,21)17-10-12-4-6-13(7-5-12)15(19)18(2)14-8-9-16-11-14/h4-7,14,16-17H,3,8-11H2,1-2H3. The maximum absolute atomic E-state index is 12.4. The molecule has 0 aliphatic carbocycles. The normalized spacial score (nSPS) is 18.4. The van der Waals surface area contributed by atoms with Crippen LogP contribution < -0.4 is 10.0 Å². The molecule has 1 unspecified atom stereocenters. The van der Waals surface area contributed by atoms with Gasteiger partial charge in [0.2, 0.25) is 10.0 Å². The Morgan fingerprint density at radius 1 is 1.36 bits per heavy atom. The Morgan fingerprint density at radius 2 is 2.05 bits per heavy atom. The third kappa shape index (κ3) is 4.28. The SMILES string of the molecule is CCS(=O)(=O)NCc1ccc(C(=O)N(C)C2CCNC2)cc1. The molecule has 0 bridgehead atoms. The largest absolute Gasteiger partial charge is 0.337 e. The minimum absolute atomic E-state index is 0.00520. The molecule has 1 aromatic rings. The van der Waals surface area contributed by atoms with E-state index in [1.807, 2.05) is 7.05 Å². The highest BCUT2D eigenvalue weighted by atomic mass is 32.2. The molecule has 1 heterocycles. The second-order valence-corrected chi connectivity index (χ2v) is 7.58. The molecule has 1 aromatic carbocycles. The zero-order chi connectivity index (χ0) is 16.2. The highest BCUT2D eigenvalue weighted by Crippen LogP contribution is 2.12. The first-order valence-corrected chi connectivity index (χ1v) is 9.12. The Bertz CT molecular complexity index is 607. The Morgan fingerprint density at radius 3 is 2.59 bits per heavy atom. The lowest BCUT2D eigenvalue weighted by atomic mass is 10.1. The maximum Gasteiger partial charge on any atom is 0.253 e. The molecule has 0 aromatic heterocycles. The summed E-state index contributed by atoms with van der Waals surface area (Å²) < 4.78 is 25.3. The molecule has 0 saturated carbocycles. The van der Waals surface area contributed by atoms with E-state index in [1.54, 1.807) is 36.1 Å². The van der Waals surface area contributed by atoms with Gasteiger partial charge in [-0.15, -0.1) is 0 Å². The van der Waals surface area contributed by atoms with Gasteiger partial charge >= 0.3 is 0 Å². The smallest absolute Gasteiger partial charge is 0.253 e. The van der Waals surface area contributed by atoms with Crippen molar-refractivity contribution in [3.8, 4) is 0 Å². The first-order valence-electron chi connectivity index (χ1n) is 7.47. The van der Waals surface area contributed by atoms with Gasteiger partial charge in [-0.05, 0) is 37.6 Å². The first-order chi connectivity index (χ1) is 10.4. The molecule has 22 heavy (non-hydrogen) atoms. The zero-order valence-corrected chi connectivity index (χ0v) is 13.8. The van der Waals surface area contributed by atoms with Gasteiger partial charge in [0.05, 0.1) is 5.75 Å². The number of carbonyl (C=O) groups is 1. The quantitative estimate of drug-likeness (QED) is 0.801. The summed E-state index contributed by atoms with van der Waals surface area (Å²) in [6.45, 7) is 3.61. The Balaban J connectivity index is 1.97. The topological polar surface area (TPSA) is 78.5 Å². The molecule has 1 atom stereocenters. The lowest BCUT2D eigenvalue weighted by molar-refractivity contribution is 0.0744. The second kappa shape index (κ2) is 7.21. The van der Waals surface area contributed by atoms with Crippen LogP contribution in [0.5, 0.6) is 0 Å². The summed E-state index contributed by atoms with van der Waals surface area (Å²) in [5.74, 6) is 0.0541. The third-order valence-corrected chi connectivity index (χ3v) is 5.32. The number of nitrogens with one attached hydrogen (secondary N) is 2. The Hall–Kier alpha value is -1.44. The second-order valence-electron chi connectivity index (χ2n) is 5.48. The molecule has 1 aliphatic heterocycles. The van der Waals surface area contributed by atoms with Gasteiger partial charge in [0.1, 0.15) is 0 Å². The van der Waals surface area contributed by atoms with Crippen LogP contribution in [-0.4, -0.2) is 51.2 Å². The van der Waals surface area contributed by atoms with Gasteiger partial charge in [0, 0.05) is 31.7 Å². The van der Waals surface area contributed by atoms with Gasteiger partial charge in [-0.1, -0.05) is 12.1 Å². The number of hydrogen-bond acceptors (Lipinski definition) is 4. The van der Waals surface area contributed by atoms with Gasteiger partial charge in [-0.3, -0.25) is 4.79 Å². The summed E-state index contributed by atoms with van der Waals surface area (Å²) in [6.07, 6.45) is 0.971. The van der Waals surface area contributed by atoms with E-state index in [2.05, 4.69) is 10.0 Å². The zero-order valence-electron chi connectivity index (χ0n) is 13.0. The average Bonchev–Trinajstić information content (AvgIpc) is 3.06. The van der Waals surface area contributed by atoms with Crippen LogP contribution >= 0.6 is 0 Å². The lowest BCUT2D eigenvalue weighted by Crippen LogP contribution is -2.38. The molecule has 2 N–H and O–H groups in total. The van der Waals surface area contributed by atoms with Crippen LogP contribution in [0, 0.1) is 0 Å². The third-order valence-electron chi connectivity index (χ3n) is 3.98. The monoisotopic (exact) mass is 325 g/mol. The average molecular weight is 325 g/mol. The van der Waals surface area contributed by atoms with Crippen LogP contribution in [0.25, 0.3) is 0 Å². The first kappa shape index (κ1) is 16.9. The van der Waals surface area contributed by atoms with Crippen molar-refractivity contribution >= 4 is 15.9 Å². The molecule has 0 radical (unpaired) electrons. The molecule has 1 amide bonds. The molecule has 1 aliphatic rings. The number of sulfonamides is 1. The van der Waals surface area contributed by atoms with Crippen molar-refractivity contribution in [2.75, 3.05) is 25.9 Å². The Labute approximate surface area is 131 Å². The summed E-state index contributed by atoms with van der Waals surface area (Å²) in [5.41, 5.74) is 1.45. The lowest BCUT2D eigenvalue weighted by Gasteiger charge is -2.23. The minimum atomic E-state index is -3.20. The minimum Gasteiger partial charge on any atom is -0.337 e. The van der Waals surface area contributed by atoms with Crippen molar-refractivity contribution in [3.05, 3.63) is 35.4 Å². The van der Waals surface area contributed by atoms with Crippen LogP contribution in [0.15, 0.2) is 24.3 Å². The highest BCUT2D eigenvalue weighted by molar-refractivity contribution is 7.89. The van der Waals surface area contributed by atoms with Crippen LogP contribution in [0.1, 0.15) is 29.3 Å². The number of rotatable bonds is 6. The fourth-order valence-electron chi connectivity index (χ4n) is 2.40. The number of hydrogen-bond donors (Lipinski definition) is 2. The predicted molar refractivity (Wildman–Crippen MR) is 86.1 cm³/mol. The molecule has 1 saturated heterocycles. The van der Waals surface area contributed by atoms with E-state index >= 15 is 0 Å². The van der Waals surface area contributed by atoms with Gasteiger partial charge < -0.3 is 10.2 Å². The number of nitrogens with zero attached hydrogens (tertiary/aromatic N) is 1. The fraction of sp³-hybridized carbons (Fsp3) is 0.533. The molecule has 2 rings (SSSR count). The summed E-state index contributed by atoms with van der Waals surface area (Å²) in [5, 5.41) is 3.25. The van der Waals surface area contributed by atoms with E-state index in [1.165, 1.54) is 0 Å². The molecule has 1 fully saturated rings.